The Morgan fingerprint density at radius 2 is 1.89 bits per heavy atom. The van der Waals surface area contributed by atoms with Crippen molar-refractivity contribution >= 4 is 28.6 Å². The lowest BCUT2D eigenvalue weighted by Crippen LogP contribution is -2.49. The molecule has 2 atom stereocenters. The number of aromatic amines is 1. The molecule has 1 fully saturated rings. The van der Waals surface area contributed by atoms with E-state index in [-0.39, 0.29) is 36.6 Å². The highest BCUT2D eigenvalue weighted by Crippen LogP contribution is 2.27. The van der Waals surface area contributed by atoms with Crippen LogP contribution in [0.25, 0.3) is 10.9 Å². The Bertz CT molecular complexity index is 1660. The third kappa shape index (κ3) is 7.35. The Hall–Kier alpha value is -4.91. The summed E-state index contributed by atoms with van der Waals surface area (Å²) in [4.78, 5) is 47.6. The Balaban J connectivity index is 1.23. The van der Waals surface area contributed by atoms with Gasteiger partial charge < -0.3 is 30.0 Å². The molecule has 4 aromatic rings. The van der Waals surface area contributed by atoms with Gasteiger partial charge in [0.25, 0.3) is 5.91 Å². The molecule has 2 aromatic heterocycles. The molecule has 0 radical (unpaired) electrons. The van der Waals surface area contributed by atoms with Crippen molar-refractivity contribution in [2.45, 2.75) is 45.6 Å². The molecule has 0 bridgehead atoms. The van der Waals surface area contributed by atoms with Crippen LogP contribution in [0.4, 0.5) is 13.2 Å². The van der Waals surface area contributed by atoms with Crippen molar-refractivity contribution in [3.05, 3.63) is 89.1 Å². The quantitative estimate of drug-likeness (QED) is 0.245. The summed E-state index contributed by atoms with van der Waals surface area (Å²) in [5, 5.41) is 6.10. The van der Waals surface area contributed by atoms with Gasteiger partial charge in [0.15, 0.2) is 11.6 Å². The summed E-state index contributed by atoms with van der Waals surface area (Å²) in [7, 11) is 0. The Morgan fingerprint density at radius 3 is 2.64 bits per heavy atom. The van der Waals surface area contributed by atoms with Crippen LogP contribution in [0.2, 0.25) is 0 Å². The number of hydrogen-bond donors (Lipinski definition) is 3. The summed E-state index contributed by atoms with van der Waals surface area (Å²) in [6.07, 6.45) is 2.09. The van der Waals surface area contributed by atoms with E-state index in [2.05, 4.69) is 25.3 Å². The summed E-state index contributed by atoms with van der Waals surface area (Å²) in [6, 6.07) is 11.6. The number of nitrogens with one attached hydrogen (secondary N) is 3. The number of nitrogens with zero attached hydrogens (tertiary/aromatic N) is 2. The number of alkyl halides is 2. The summed E-state index contributed by atoms with van der Waals surface area (Å²) in [6.45, 7) is -0.258. The number of benzene rings is 2. The number of carbonyl (C=O) groups is 3. The number of amides is 3. The van der Waals surface area contributed by atoms with E-state index < -0.39 is 48.8 Å². The first-order valence-corrected chi connectivity index (χ1v) is 13.8. The van der Waals surface area contributed by atoms with E-state index in [0.717, 1.165) is 21.4 Å². The van der Waals surface area contributed by atoms with Gasteiger partial charge in [-0.1, -0.05) is 6.07 Å². The number of aryl methyl sites for hydroxylation is 2. The zero-order valence-corrected chi connectivity index (χ0v) is 23.9. The first-order valence-electron chi connectivity index (χ1n) is 13.8. The molecule has 13 heteroatoms. The van der Waals surface area contributed by atoms with E-state index in [1.807, 2.05) is 6.07 Å². The van der Waals surface area contributed by atoms with E-state index in [9.17, 15) is 27.6 Å². The number of likely N-dealkylation sites (tertiary alicyclic amines) is 1. The Kier molecular flexibility index (Phi) is 9.14. The second-order valence-corrected chi connectivity index (χ2v) is 10.5. The van der Waals surface area contributed by atoms with Crippen LogP contribution in [0, 0.1) is 19.7 Å². The molecule has 3 heterocycles. The zero-order valence-electron chi connectivity index (χ0n) is 23.9. The minimum absolute atomic E-state index is 0.0109. The minimum Gasteiger partial charge on any atom is -0.454 e. The number of fused-ring (bicyclic) bond motifs is 1. The number of H-pyrrole nitrogens is 1. The minimum atomic E-state index is -3.08. The second kappa shape index (κ2) is 13.2. The number of hydrogen-bond acceptors (Lipinski definition) is 6. The Labute approximate surface area is 250 Å². The predicted molar refractivity (Wildman–Crippen MR) is 154 cm³/mol. The maximum atomic E-state index is 14.3. The first kappa shape index (κ1) is 30.5. The highest BCUT2D eigenvalue weighted by molar-refractivity contribution is 5.97. The fraction of sp³-hybridized carbons (Fsp3) is 0.290. The van der Waals surface area contributed by atoms with Gasteiger partial charge in [-0.05, 0) is 67.4 Å². The van der Waals surface area contributed by atoms with Crippen molar-refractivity contribution in [3.8, 4) is 11.5 Å². The smallest absolute Gasteiger partial charge is 0.345 e. The van der Waals surface area contributed by atoms with Crippen molar-refractivity contribution in [3.63, 3.8) is 0 Å². The second-order valence-electron chi connectivity index (χ2n) is 10.5. The van der Waals surface area contributed by atoms with Crippen molar-refractivity contribution in [2.24, 2.45) is 0 Å². The van der Waals surface area contributed by atoms with Crippen LogP contribution in [0.15, 0.2) is 60.9 Å². The maximum Gasteiger partial charge on any atom is 0.345 e. The maximum absolute atomic E-state index is 14.3. The largest absolute Gasteiger partial charge is 0.454 e. The van der Waals surface area contributed by atoms with E-state index in [0.29, 0.717) is 11.3 Å². The van der Waals surface area contributed by atoms with Gasteiger partial charge in [0, 0.05) is 47.5 Å². The van der Waals surface area contributed by atoms with Gasteiger partial charge >= 0.3 is 6.61 Å². The average molecular weight is 610 g/mol. The van der Waals surface area contributed by atoms with E-state index in [1.54, 1.807) is 50.5 Å². The zero-order chi connectivity index (χ0) is 31.4. The van der Waals surface area contributed by atoms with Crippen molar-refractivity contribution < 1.29 is 37.0 Å². The summed E-state index contributed by atoms with van der Waals surface area (Å²) in [5.74, 6) is -2.17. The molecule has 0 unspecified atom stereocenters. The summed E-state index contributed by atoms with van der Waals surface area (Å²) in [5.41, 5.74) is 3.05. The fourth-order valence-corrected chi connectivity index (χ4v) is 5.11. The Morgan fingerprint density at radius 1 is 1.07 bits per heavy atom. The number of pyridine rings is 1. The molecule has 3 amide bonds. The molecule has 1 saturated heterocycles. The molecule has 3 N–H and O–H groups in total. The van der Waals surface area contributed by atoms with Gasteiger partial charge in [-0.15, -0.1) is 0 Å². The van der Waals surface area contributed by atoms with E-state index >= 15 is 0 Å². The van der Waals surface area contributed by atoms with Crippen LogP contribution >= 0.6 is 0 Å². The highest BCUT2D eigenvalue weighted by Gasteiger charge is 2.41. The number of ether oxygens (including phenoxy) is 2. The van der Waals surface area contributed by atoms with Gasteiger partial charge in [-0.25, -0.2) is 4.39 Å². The summed E-state index contributed by atoms with van der Waals surface area (Å²) < 4.78 is 50.5. The molecule has 1 aliphatic heterocycles. The van der Waals surface area contributed by atoms with Gasteiger partial charge in [0.1, 0.15) is 11.8 Å². The molecule has 1 aliphatic rings. The van der Waals surface area contributed by atoms with Crippen LogP contribution in [-0.4, -0.2) is 64.4 Å². The molecule has 5 rings (SSSR count). The normalized spacial score (nSPS) is 16.4. The van der Waals surface area contributed by atoms with Gasteiger partial charge in [-0.2, -0.15) is 8.78 Å². The van der Waals surface area contributed by atoms with Crippen LogP contribution < -0.4 is 15.4 Å². The number of halogens is 3. The van der Waals surface area contributed by atoms with Crippen LogP contribution in [0.1, 0.15) is 33.6 Å². The van der Waals surface area contributed by atoms with Crippen molar-refractivity contribution in [2.75, 3.05) is 13.1 Å². The molecular weight excluding hydrogens is 579 g/mol. The van der Waals surface area contributed by atoms with Crippen LogP contribution in [-0.2, 0) is 20.9 Å². The molecule has 0 spiro atoms. The van der Waals surface area contributed by atoms with Gasteiger partial charge in [0.2, 0.25) is 11.8 Å². The molecule has 10 nitrogen and oxygen atoms in total. The molecular formula is C31H30F3N5O5. The standard InChI is InChI=1S/C31H30F3N5O5/c1-17-3-4-27(24(32)9-17)43-22-8-18(2)7-19(11-22)29(41)37-15-28(40)39-16-23(44-31(33)34)12-26(39)30(42)36-14-21-10-20-13-35-6-5-25(20)38-21/h3-11,13,23,26,31,38H,12,14-16H2,1-2H3,(H,36,42)(H,37,41)/t23-,26+/m1/s1. The lowest BCUT2D eigenvalue weighted by molar-refractivity contribution is -0.160. The summed E-state index contributed by atoms with van der Waals surface area (Å²) >= 11 is 0. The molecule has 2 aromatic carbocycles. The average Bonchev–Trinajstić information content (AvgIpc) is 3.59. The third-order valence-electron chi connectivity index (χ3n) is 7.14. The molecule has 0 aliphatic carbocycles. The van der Waals surface area contributed by atoms with Crippen molar-refractivity contribution in [1.29, 1.82) is 0 Å². The highest BCUT2D eigenvalue weighted by atomic mass is 19.3. The molecule has 44 heavy (non-hydrogen) atoms. The molecule has 230 valence electrons. The lowest BCUT2D eigenvalue weighted by Gasteiger charge is -2.24. The fourth-order valence-electron chi connectivity index (χ4n) is 5.11. The SMILES string of the molecule is Cc1cc(Oc2ccc(C)cc2F)cc(C(=O)NCC(=O)N2C[C@H](OC(F)F)C[C@H]2C(=O)NCc2cc3cnccc3[nH]2)c1. The van der Waals surface area contributed by atoms with Crippen molar-refractivity contribution in [1.82, 2.24) is 25.5 Å². The number of aromatic nitrogens is 2. The number of rotatable bonds is 10. The lowest BCUT2D eigenvalue weighted by atomic mass is 10.1. The molecule has 0 saturated carbocycles. The monoisotopic (exact) mass is 609 g/mol. The van der Waals surface area contributed by atoms with Crippen LogP contribution in [0.5, 0.6) is 11.5 Å². The van der Waals surface area contributed by atoms with Gasteiger partial charge in [-0.3, -0.25) is 19.4 Å². The van der Waals surface area contributed by atoms with Gasteiger partial charge in [0.05, 0.1) is 19.2 Å². The topological polar surface area (TPSA) is 126 Å². The first-order chi connectivity index (χ1) is 21.0. The van der Waals surface area contributed by atoms with Crippen LogP contribution in [0.3, 0.4) is 0 Å². The van der Waals surface area contributed by atoms with E-state index in [1.165, 1.54) is 18.2 Å². The number of carbonyl (C=O) groups excluding carboxylic acids is 3. The third-order valence-corrected chi connectivity index (χ3v) is 7.14. The predicted octanol–water partition coefficient (Wildman–Crippen LogP) is 4.37. The van der Waals surface area contributed by atoms with E-state index in [4.69, 9.17) is 4.74 Å².